The number of nitrogens with one attached hydrogen (secondary N) is 1. The van der Waals surface area contributed by atoms with Crippen LogP contribution in [-0.4, -0.2) is 29.9 Å². The van der Waals surface area contributed by atoms with Crippen molar-refractivity contribution in [1.82, 2.24) is 4.90 Å². The summed E-state index contributed by atoms with van der Waals surface area (Å²) in [5, 5.41) is 3.25. The van der Waals surface area contributed by atoms with Crippen LogP contribution in [0.5, 0.6) is 0 Å². The van der Waals surface area contributed by atoms with Gasteiger partial charge in [-0.15, -0.1) is 6.42 Å². The van der Waals surface area contributed by atoms with E-state index in [0.29, 0.717) is 0 Å². The van der Waals surface area contributed by atoms with E-state index in [2.05, 4.69) is 11.2 Å². The first-order chi connectivity index (χ1) is 9.70. The lowest BCUT2D eigenvalue weighted by Gasteiger charge is -2.25. The molecule has 1 aliphatic rings. The molecule has 1 aromatic rings. The molecule has 1 aromatic carbocycles. The van der Waals surface area contributed by atoms with Crippen molar-refractivity contribution in [1.29, 1.82) is 0 Å². The summed E-state index contributed by atoms with van der Waals surface area (Å²) < 4.78 is 0. The summed E-state index contributed by atoms with van der Waals surface area (Å²) in [4.78, 5) is 14.4. The Kier molecular flexibility index (Phi) is 5.06. The van der Waals surface area contributed by atoms with Gasteiger partial charge in [0, 0.05) is 24.3 Å². The first-order valence-corrected chi connectivity index (χ1v) is 7.32. The number of hydrogen-bond acceptors (Lipinski definition) is 2. The number of nitrogens with zero attached hydrogens (tertiary/aromatic N) is 1. The number of terminal acetylenes is 1. The molecule has 1 aliphatic heterocycles. The molecular weight excluding hydrogens is 248 g/mol. The Morgan fingerprint density at radius 3 is 2.65 bits per heavy atom. The zero-order valence-electron chi connectivity index (χ0n) is 12.1. The quantitative estimate of drug-likeness (QED) is 0.857. The Labute approximate surface area is 121 Å². The Morgan fingerprint density at radius 2 is 2.00 bits per heavy atom. The minimum Gasteiger partial charge on any atom is -0.374 e. The number of rotatable bonds is 3. The SMILES string of the molecule is C#Cc1cccc(NC(C)C(=O)N2CCCCCC2)c1. The fourth-order valence-electron chi connectivity index (χ4n) is 2.58. The molecule has 106 valence electrons. The number of carbonyl (C=O) groups is 1. The van der Waals surface area contributed by atoms with E-state index in [9.17, 15) is 4.79 Å². The number of hydrogen-bond donors (Lipinski definition) is 1. The van der Waals surface area contributed by atoms with Crippen LogP contribution >= 0.6 is 0 Å². The van der Waals surface area contributed by atoms with Crippen LogP contribution in [0.25, 0.3) is 0 Å². The van der Waals surface area contributed by atoms with Crippen molar-refractivity contribution in [2.45, 2.75) is 38.6 Å². The van der Waals surface area contributed by atoms with Crippen molar-refractivity contribution in [2.24, 2.45) is 0 Å². The predicted molar refractivity (Wildman–Crippen MR) is 82.5 cm³/mol. The summed E-state index contributed by atoms with van der Waals surface area (Å²) in [5.41, 5.74) is 1.72. The van der Waals surface area contributed by atoms with Crippen molar-refractivity contribution in [3.8, 4) is 12.3 Å². The summed E-state index contributed by atoms with van der Waals surface area (Å²) in [7, 11) is 0. The number of likely N-dealkylation sites (tertiary alicyclic amines) is 1. The Balaban J connectivity index is 1.97. The van der Waals surface area contributed by atoms with Crippen LogP contribution in [0.3, 0.4) is 0 Å². The van der Waals surface area contributed by atoms with Crippen LogP contribution in [-0.2, 0) is 4.79 Å². The molecule has 0 bridgehead atoms. The smallest absolute Gasteiger partial charge is 0.244 e. The summed E-state index contributed by atoms with van der Waals surface area (Å²) in [6.07, 6.45) is 10.1. The average Bonchev–Trinajstić information content (AvgIpc) is 2.75. The molecule has 2 rings (SSSR count). The fourth-order valence-corrected chi connectivity index (χ4v) is 2.58. The summed E-state index contributed by atoms with van der Waals surface area (Å²) >= 11 is 0. The predicted octanol–water partition coefficient (Wildman–Crippen LogP) is 2.87. The van der Waals surface area contributed by atoms with Gasteiger partial charge in [0.15, 0.2) is 0 Å². The molecule has 3 heteroatoms. The first kappa shape index (κ1) is 14.5. The molecule has 0 radical (unpaired) electrons. The maximum Gasteiger partial charge on any atom is 0.244 e. The largest absolute Gasteiger partial charge is 0.374 e. The molecule has 1 fully saturated rings. The van der Waals surface area contributed by atoms with Crippen molar-refractivity contribution in [3.05, 3.63) is 29.8 Å². The highest BCUT2D eigenvalue weighted by Gasteiger charge is 2.21. The third kappa shape index (κ3) is 3.77. The van der Waals surface area contributed by atoms with Gasteiger partial charge < -0.3 is 10.2 Å². The molecule has 1 amide bonds. The second-order valence-corrected chi connectivity index (χ2v) is 5.33. The standard InChI is InChI=1S/C17H22N2O/c1-3-15-9-8-10-16(13-15)18-14(2)17(20)19-11-6-4-5-7-12-19/h1,8-10,13-14,18H,4-7,11-12H2,2H3. The van der Waals surface area contributed by atoms with Gasteiger partial charge in [-0.1, -0.05) is 24.8 Å². The topological polar surface area (TPSA) is 32.3 Å². The Bertz CT molecular complexity index is 496. The van der Waals surface area contributed by atoms with Crippen LogP contribution in [0.4, 0.5) is 5.69 Å². The van der Waals surface area contributed by atoms with Gasteiger partial charge in [0.05, 0.1) is 0 Å². The maximum absolute atomic E-state index is 12.4. The second-order valence-electron chi connectivity index (χ2n) is 5.33. The first-order valence-electron chi connectivity index (χ1n) is 7.32. The Morgan fingerprint density at radius 1 is 1.30 bits per heavy atom. The molecule has 1 saturated heterocycles. The second kappa shape index (κ2) is 7.00. The van der Waals surface area contributed by atoms with E-state index >= 15 is 0 Å². The number of amides is 1. The molecule has 0 aromatic heterocycles. The zero-order chi connectivity index (χ0) is 14.4. The van der Waals surface area contributed by atoms with Crippen molar-refractivity contribution in [3.63, 3.8) is 0 Å². The molecule has 0 aliphatic carbocycles. The van der Waals surface area contributed by atoms with E-state index in [-0.39, 0.29) is 11.9 Å². The average molecular weight is 270 g/mol. The van der Waals surface area contributed by atoms with E-state index in [1.54, 1.807) is 0 Å². The van der Waals surface area contributed by atoms with Crippen molar-refractivity contribution < 1.29 is 4.79 Å². The molecule has 3 nitrogen and oxygen atoms in total. The van der Waals surface area contributed by atoms with E-state index in [1.165, 1.54) is 12.8 Å². The molecule has 1 unspecified atom stereocenters. The zero-order valence-corrected chi connectivity index (χ0v) is 12.1. The van der Waals surface area contributed by atoms with Crippen molar-refractivity contribution in [2.75, 3.05) is 18.4 Å². The highest BCUT2D eigenvalue weighted by molar-refractivity contribution is 5.84. The van der Waals surface area contributed by atoms with Crippen LogP contribution in [0.1, 0.15) is 38.2 Å². The monoisotopic (exact) mass is 270 g/mol. The lowest BCUT2D eigenvalue weighted by atomic mass is 10.2. The van der Waals surface area contributed by atoms with Crippen LogP contribution < -0.4 is 5.32 Å². The maximum atomic E-state index is 12.4. The molecule has 0 spiro atoms. The molecular formula is C17H22N2O. The van der Waals surface area contributed by atoms with Gasteiger partial charge in [-0.05, 0) is 38.0 Å². The molecule has 0 saturated carbocycles. The third-order valence-electron chi connectivity index (χ3n) is 3.70. The third-order valence-corrected chi connectivity index (χ3v) is 3.70. The number of benzene rings is 1. The molecule has 1 heterocycles. The van der Waals surface area contributed by atoms with Gasteiger partial charge in [0.25, 0.3) is 0 Å². The van der Waals surface area contributed by atoms with Crippen LogP contribution in [0.2, 0.25) is 0 Å². The van der Waals surface area contributed by atoms with Crippen LogP contribution in [0.15, 0.2) is 24.3 Å². The van der Waals surface area contributed by atoms with E-state index in [4.69, 9.17) is 6.42 Å². The normalized spacial score (nSPS) is 16.9. The summed E-state index contributed by atoms with van der Waals surface area (Å²) in [5.74, 6) is 2.78. The van der Waals surface area contributed by atoms with Gasteiger partial charge in [-0.2, -0.15) is 0 Å². The molecule has 1 N–H and O–H groups in total. The molecule has 20 heavy (non-hydrogen) atoms. The van der Waals surface area contributed by atoms with E-state index in [1.807, 2.05) is 36.1 Å². The number of anilines is 1. The minimum absolute atomic E-state index is 0.179. The van der Waals surface area contributed by atoms with E-state index in [0.717, 1.165) is 37.2 Å². The number of carbonyl (C=O) groups excluding carboxylic acids is 1. The minimum atomic E-state index is -0.221. The summed E-state index contributed by atoms with van der Waals surface area (Å²) in [6.45, 7) is 3.68. The lowest BCUT2D eigenvalue weighted by molar-refractivity contribution is -0.131. The fraction of sp³-hybridized carbons (Fsp3) is 0.471. The van der Waals surface area contributed by atoms with Gasteiger partial charge in [-0.25, -0.2) is 0 Å². The highest BCUT2D eigenvalue weighted by atomic mass is 16.2. The Hall–Kier alpha value is -1.95. The molecule has 1 atom stereocenters. The van der Waals surface area contributed by atoms with Gasteiger partial charge in [-0.3, -0.25) is 4.79 Å². The van der Waals surface area contributed by atoms with E-state index < -0.39 is 0 Å². The highest BCUT2D eigenvalue weighted by Crippen LogP contribution is 2.14. The van der Waals surface area contributed by atoms with Gasteiger partial charge >= 0.3 is 0 Å². The van der Waals surface area contributed by atoms with Gasteiger partial charge in [0.2, 0.25) is 5.91 Å². The van der Waals surface area contributed by atoms with Gasteiger partial charge in [0.1, 0.15) is 6.04 Å². The van der Waals surface area contributed by atoms with Crippen molar-refractivity contribution >= 4 is 11.6 Å². The summed E-state index contributed by atoms with van der Waals surface area (Å²) in [6, 6.07) is 7.40. The lowest BCUT2D eigenvalue weighted by Crippen LogP contribution is -2.41. The van der Waals surface area contributed by atoms with Crippen LogP contribution in [0, 0.1) is 12.3 Å².